The summed E-state index contributed by atoms with van der Waals surface area (Å²) in [6.07, 6.45) is 2.62. The topological polar surface area (TPSA) is 76.2 Å². The minimum Gasteiger partial charge on any atom is -0.493 e. The normalized spacial score (nSPS) is 10.9. The van der Waals surface area contributed by atoms with Crippen LogP contribution in [0.5, 0.6) is 5.75 Å². The van der Waals surface area contributed by atoms with Gasteiger partial charge in [-0.05, 0) is 36.3 Å². The summed E-state index contributed by atoms with van der Waals surface area (Å²) >= 11 is 0. The molecule has 0 heterocycles. The molecule has 0 aromatic heterocycles. The average Bonchev–Trinajstić information content (AvgIpc) is 2.58. The minimum absolute atomic E-state index is 0.00211. The minimum atomic E-state index is -0.465. The van der Waals surface area contributed by atoms with Crippen LogP contribution in [-0.4, -0.2) is 11.5 Å². The van der Waals surface area contributed by atoms with Gasteiger partial charge in [0.05, 0.1) is 23.2 Å². The second-order valence-corrected chi connectivity index (χ2v) is 4.86. The van der Waals surface area contributed by atoms with E-state index in [9.17, 15) is 15.4 Å². The maximum Gasteiger partial charge on any atom is 0.269 e. The first-order valence-electron chi connectivity index (χ1n) is 7.24. The molecule has 0 amide bonds. The lowest BCUT2D eigenvalue weighted by molar-refractivity contribution is -0.384. The Kier molecular flexibility index (Phi) is 5.48. The molecule has 2 aromatic carbocycles. The summed E-state index contributed by atoms with van der Waals surface area (Å²) in [4.78, 5) is 10.2. The van der Waals surface area contributed by atoms with Crippen LogP contribution in [0.3, 0.4) is 0 Å². The van der Waals surface area contributed by atoms with Crippen LogP contribution in [0.1, 0.15) is 24.5 Å². The van der Waals surface area contributed by atoms with Crippen LogP contribution in [0.2, 0.25) is 0 Å². The summed E-state index contributed by atoms with van der Waals surface area (Å²) in [5.41, 5.74) is 1.85. The molecule has 0 spiro atoms. The van der Waals surface area contributed by atoms with Gasteiger partial charge in [0.25, 0.3) is 5.69 Å². The van der Waals surface area contributed by atoms with Gasteiger partial charge < -0.3 is 4.74 Å². The molecule has 116 valence electrons. The van der Waals surface area contributed by atoms with Crippen molar-refractivity contribution in [1.82, 2.24) is 0 Å². The van der Waals surface area contributed by atoms with Crippen LogP contribution in [0.4, 0.5) is 5.69 Å². The highest BCUT2D eigenvalue weighted by Gasteiger charge is 2.08. The van der Waals surface area contributed by atoms with E-state index in [4.69, 9.17) is 4.74 Å². The van der Waals surface area contributed by atoms with E-state index in [1.54, 1.807) is 18.2 Å². The molecule has 0 aliphatic heterocycles. The van der Waals surface area contributed by atoms with Crippen molar-refractivity contribution in [2.45, 2.75) is 13.3 Å². The monoisotopic (exact) mass is 308 g/mol. The van der Waals surface area contributed by atoms with E-state index in [2.05, 4.69) is 6.07 Å². The molecule has 2 rings (SSSR count). The standard InChI is InChI=1S/C18H16N2O3/c1-2-11-23-18-6-4-3-5-15(18)12-16(13-19)14-7-9-17(10-8-14)20(21)22/h3-10,12H,2,11H2,1H3. The van der Waals surface area contributed by atoms with Gasteiger partial charge in [0.1, 0.15) is 5.75 Å². The number of nitro groups is 1. The summed E-state index contributed by atoms with van der Waals surface area (Å²) in [6, 6.07) is 15.5. The number of non-ortho nitro benzene ring substituents is 1. The van der Waals surface area contributed by atoms with Crippen molar-refractivity contribution in [1.29, 1.82) is 5.26 Å². The van der Waals surface area contributed by atoms with Gasteiger partial charge in [-0.15, -0.1) is 0 Å². The Morgan fingerprint density at radius 2 is 1.96 bits per heavy atom. The number of para-hydroxylation sites is 1. The highest BCUT2D eigenvalue weighted by Crippen LogP contribution is 2.25. The first-order chi connectivity index (χ1) is 11.2. The maximum absolute atomic E-state index is 10.7. The Labute approximate surface area is 134 Å². The molecule has 23 heavy (non-hydrogen) atoms. The largest absolute Gasteiger partial charge is 0.493 e. The maximum atomic E-state index is 10.7. The van der Waals surface area contributed by atoms with Crippen molar-refractivity contribution in [3.05, 3.63) is 69.8 Å². The molecular weight excluding hydrogens is 292 g/mol. The predicted molar refractivity (Wildman–Crippen MR) is 88.8 cm³/mol. The lowest BCUT2D eigenvalue weighted by Crippen LogP contribution is -1.96. The van der Waals surface area contributed by atoms with Gasteiger partial charge in [0.2, 0.25) is 0 Å². The number of nitriles is 1. The van der Waals surface area contributed by atoms with E-state index in [0.29, 0.717) is 23.5 Å². The third kappa shape index (κ3) is 4.17. The van der Waals surface area contributed by atoms with Crippen molar-refractivity contribution in [2.75, 3.05) is 6.61 Å². The summed E-state index contributed by atoms with van der Waals surface area (Å²) in [7, 11) is 0. The van der Waals surface area contributed by atoms with Gasteiger partial charge in [-0.2, -0.15) is 5.26 Å². The molecule has 0 fully saturated rings. The molecular formula is C18H16N2O3. The average molecular weight is 308 g/mol. The number of nitro benzene ring substituents is 1. The van der Waals surface area contributed by atoms with Crippen LogP contribution >= 0.6 is 0 Å². The number of allylic oxidation sites excluding steroid dienone is 1. The second-order valence-electron chi connectivity index (χ2n) is 4.86. The van der Waals surface area contributed by atoms with Gasteiger partial charge in [-0.25, -0.2) is 0 Å². The lowest BCUT2D eigenvalue weighted by Gasteiger charge is -2.08. The van der Waals surface area contributed by atoms with Gasteiger partial charge in [0, 0.05) is 17.7 Å². The molecule has 0 bridgehead atoms. The van der Waals surface area contributed by atoms with Crippen LogP contribution in [-0.2, 0) is 0 Å². The molecule has 0 saturated carbocycles. The molecule has 5 nitrogen and oxygen atoms in total. The molecule has 5 heteroatoms. The Hall–Kier alpha value is -3.13. The number of hydrogen-bond acceptors (Lipinski definition) is 4. The van der Waals surface area contributed by atoms with Crippen LogP contribution in [0.15, 0.2) is 48.5 Å². The quantitative estimate of drug-likeness (QED) is 0.342. The number of nitrogens with zero attached hydrogens (tertiary/aromatic N) is 2. The van der Waals surface area contributed by atoms with Gasteiger partial charge >= 0.3 is 0 Å². The highest BCUT2D eigenvalue weighted by molar-refractivity contribution is 5.90. The van der Waals surface area contributed by atoms with E-state index in [1.165, 1.54) is 12.1 Å². The first kappa shape index (κ1) is 16.2. The second kappa shape index (κ2) is 7.76. The zero-order valence-electron chi connectivity index (χ0n) is 12.7. The van der Waals surface area contributed by atoms with Gasteiger partial charge in [-0.3, -0.25) is 10.1 Å². The predicted octanol–water partition coefficient (Wildman–Crippen LogP) is 4.45. The first-order valence-corrected chi connectivity index (χ1v) is 7.24. The van der Waals surface area contributed by atoms with Crippen LogP contribution in [0, 0.1) is 21.4 Å². The Morgan fingerprint density at radius 1 is 1.26 bits per heavy atom. The SMILES string of the molecule is CCCOc1ccccc1C=C(C#N)c1ccc([N+](=O)[O-])cc1. The van der Waals surface area contributed by atoms with Crippen molar-refractivity contribution in [3.63, 3.8) is 0 Å². The number of hydrogen-bond donors (Lipinski definition) is 0. The van der Waals surface area contributed by atoms with E-state index < -0.39 is 4.92 Å². The Morgan fingerprint density at radius 3 is 2.57 bits per heavy atom. The molecule has 0 N–H and O–H groups in total. The van der Waals surface area contributed by atoms with Crippen LogP contribution in [0.25, 0.3) is 11.6 Å². The molecule has 2 aromatic rings. The smallest absolute Gasteiger partial charge is 0.269 e. The van der Waals surface area contributed by atoms with Gasteiger partial charge in [-0.1, -0.05) is 25.1 Å². The molecule has 0 aliphatic carbocycles. The third-order valence-corrected chi connectivity index (χ3v) is 3.19. The highest BCUT2D eigenvalue weighted by atomic mass is 16.6. The van der Waals surface area contributed by atoms with Crippen molar-refractivity contribution >= 4 is 17.3 Å². The molecule has 0 unspecified atom stereocenters. The zero-order valence-corrected chi connectivity index (χ0v) is 12.7. The Balaban J connectivity index is 2.36. The fourth-order valence-corrected chi connectivity index (χ4v) is 2.04. The van der Waals surface area contributed by atoms with Gasteiger partial charge in [0.15, 0.2) is 0 Å². The summed E-state index contributed by atoms with van der Waals surface area (Å²) in [6.45, 7) is 2.63. The van der Waals surface area contributed by atoms with E-state index >= 15 is 0 Å². The number of ether oxygens (including phenoxy) is 1. The van der Waals surface area contributed by atoms with Crippen molar-refractivity contribution in [2.24, 2.45) is 0 Å². The third-order valence-electron chi connectivity index (χ3n) is 3.19. The van der Waals surface area contributed by atoms with E-state index in [0.717, 1.165) is 12.0 Å². The van der Waals surface area contributed by atoms with E-state index in [1.807, 2.05) is 31.2 Å². The zero-order chi connectivity index (χ0) is 16.7. The van der Waals surface area contributed by atoms with Crippen LogP contribution < -0.4 is 4.74 Å². The summed E-state index contributed by atoms with van der Waals surface area (Å²) in [5.74, 6) is 0.712. The number of benzene rings is 2. The summed E-state index contributed by atoms with van der Waals surface area (Å²) < 4.78 is 5.67. The lowest BCUT2D eigenvalue weighted by atomic mass is 10.0. The molecule has 0 atom stereocenters. The fraction of sp³-hybridized carbons (Fsp3) is 0.167. The molecule has 0 saturated heterocycles. The van der Waals surface area contributed by atoms with Crippen molar-refractivity contribution < 1.29 is 9.66 Å². The van der Waals surface area contributed by atoms with Crippen molar-refractivity contribution in [3.8, 4) is 11.8 Å². The number of rotatable bonds is 6. The fourth-order valence-electron chi connectivity index (χ4n) is 2.04. The van der Waals surface area contributed by atoms with E-state index in [-0.39, 0.29) is 5.69 Å². The summed E-state index contributed by atoms with van der Waals surface area (Å²) in [5, 5.41) is 20.1. The Bertz CT molecular complexity index is 759. The molecule has 0 aliphatic rings. The molecule has 0 radical (unpaired) electrons.